The molecule has 0 saturated carbocycles. The van der Waals surface area contributed by atoms with E-state index in [1.54, 1.807) is 12.4 Å². The van der Waals surface area contributed by atoms with Crippen molar-refractivity contribution in [2.45, 2.75) is 13.0 Å². The van der Waals surface area contributed by atoms with Crippen molar-refractivity contribution in [2.24, 2.45) is 5.73 Å². The first-order valence-corrected chi connectivity index (χ1v) is 7.59. The van der Waals surface area contributed by atoms with E-state index >= 15 is 0 Å². The van der Waals surface area contributed by atoms with Crippen LogP contribution < -0.4 is 16.4 Å². The van der Waals surface area contributed by atoms with Gasteiger partial charge < -0.3 is 16.4 Å². The molecular formula is C17H19N5O. The number of amides is 1. The van der Waals surface area contributed by atoms with Crippen molar-refractivity contribution in [1.82, 2.24) is 15.3 Å². The van der Waals surface area contributed by atoms with Crippen LogP contribution in [0, 0.1) is 0 Å². The topological polar surface area (TPSA) is 92.9 Å². The molecule has 4 N–H and O–H groups in total. The molecule has 118 valence electrons. The molecule has 2 aromatic rings. The van der Waals surface area contributed by atoms with E-state index in [9.17, 15) is 4.79 Å². The molecule has 1 aromatic carbocycles. The summed E-state index contributed by atoms with van der Waals surface area (Å²) in [5, 5.41) is 6.04. The fourth-order valence-corrected chi connectivity index (χ4v) is 2.41. The van der Waals surface area contributed by atoms with Crippen molar-refractivity contribution in [3.05, 3.63) is 59.7 Å². The quantitative estimate of drug-likeness (QED) is 0.797. The number of anilines is 1. The van der Waals surface area contributed by atoms with Crippen LogP contribution in [0.15, 0.2) is 42.7 Å². The third kappa shape index (κ3) is 3.80. The van der Waals surface area contributed by atoms with Gasteiger partial charge in [0.05, 0.1) is 0 Å². The summed E-state index contributed by atoms with van der Waals surface area (Å²) in [5.74, 6) is -0.164. The largest absolute Gasteiger partial charge is 0.326 e. The van der Waals surface area contributed by atoms with Crippen molar-refractivity contribution in [1.29, 1.82) is 0 Å². The number of nitrogens with zero attached hydrogens (tertiary/aromatic N) is 2. The van der Waals surface area contributed by atoms with Crippen molar-refractivity contribution in [3.8, 4) is 0 Å². The summed E-state index contributed by atoms with van der Waals surface area (Å²) >= 11 is 0. The lowest BCUT2D eigenvalue weighted by Gasteiger charge is -2.13. The predicted octanol–water partition coefficient (Wildman–Crippen LogP) is 1.56. The van der Waals surface area contributed by atoms with Gasteiger partial charge in [0.2, 0.25) is 5.82 Å². The van der Waals surface area contributed by atoms with Crippen molar-refractivity contribution < 1.29 is 4.79 Å². The highest BCUT2D eigenvalue weighted by molar-refractivity contribution is 6.01. The Morgan fingerprint density at radius 2 is 1.96 bits per heavy atom. The minimum Gasteiger partial charge on any atom is -0.326 e. The molecule has 6 nitrogen and oxygen atoms in total. The maximum Gasteiger partial charge on any atom is 0.293 e. The molecule has 0 spiro atoms. The van der Waals surface area contributed by atoms with Gasteiger partial charge in [0.25, 0.3) is 5.91 Å². The third-order valence-corrected chi connectivity index (χ3v) is 3.74. The molecule has 0 saturated heterocycles. The highest BCUT2D eigenvalue weighted by Gasteiger charge is 2.11. The maximum absolute atomic E-state index is 12.2. The maximum atomic E-state index is 12.2. The van der Waals surface area contributed by atoms with Gasteiger partial charge in [0.15, 0.2) is 0 Å². The normalized spacial score (nSPS) is 14.2. The smallest absolute Gasteiger partial charge is 0.293 e. The first kappa shape index (κ1) is 15.3. The Labute approximate surface area is 134 Å². The van der Waals surface area contributed by atoms with Crippen LogP contribution >= 0.6 is 0 Å². The molecule has 0 radical (unpaired) electrons. The summed E-state index contributed by atoms with van der Waals surface area (Å²) in [6.07, 6.45) is 6.48. The molecule has 1 aliphatic heterocycles. The van der Waals surface area contributed by atoms with Crippen LogP contribution in [-0.2, 0) is 6.54 Å². The monoisotopic (exact) mass is 309 g/mol. The Morgan fingerprint density at radius 1 is 1.22 bits per heavy atom. The number of benzene rings is 1. The number of rotatable bonds is 4. The number of aromatic nitrogens is 2. The van der Waals surface area contributed by atoms with Crippen LogP contribution in [-0.4, -0.2) is 29.0 Å². The second-order valence-electron chi connectivity index (χ2n) is 5.33. The van der Waals surface area contributed by atoms with Crippen LogP contribution in [0.5, 0.6) is 0 Å². The fourth-order valence-electron chi connectivity index (χ4n) is 2.41. The first-order valence-electron chi connectivity index (χ1n) is 7.59. The number of nitrogens with one attached hydrogen (secondary N) is 2. The van der Waals surface area contributed by atoms with Gasteiger partial charge in [-0.15, -0.1) is 0 Å². The molecule has 3 rings (SSSR count). The lowest BCUT2D eigenvalue weighted by molar-refractivity contribution is 0.101. The SMILES string of the molecule is NCc1ccc(NC(=O)c2ncc(C3=CCNCC3)cn2)cc1. The lowest BCUT2D eigenvalue weighted by atomic mass is 10.0. The van der Waals surface area contributed by atoms with Gasteiger partial charge in [-0.3, -0.25) is 4.79 Å². The highest BCUT2D eigenvalue weighted by Crippen LogP contribution is 2.18. The summed E-state index contributed by atoms with van der Waals surface area (Å²) in [5.41, 5.74) is 9.44. The van der Waals surface area contributed by atoms with Gasteiger partial charge in [-0.2, -0.15) is 0 Å². The number of hydrogen-bond donors (Lipinski definition) is 3. The van der Waals surface area contributed by atoms with Crippen molar-refractivity contribution in [2.75, 3.05) is 18.4 Å². The summed E-state index contributed by atoms with van der Waals surface area (Å²) in [6.45, 7) is 2.29. The van der Waals surface area contributed by atoms with Crippen molar-refractivity contribution in [3.63, 3.8) is 0 Å². The van der Waals surface area contributed by atoms with E-state index in [-0.39, 0.29) is 11.7 Å². The molecule has 23 heavy (non-hydrogen) atoms. The first-order chi connectivity index (χ1) is 11.3. The zero-order valence-electron chi connectivity index (χ0n) is 12.7. The van der Waals surface area contributed by atoms with Gasteiger partial charge >= 0.3 is 0 Å². The van der Waals surface area contributed by atoms with E-state index in [2.05, 4.69) is 26.7 Å². The van der Waals surface area contributed by atoms with Gasteiger partial charge in [0.1, 0.15) is 0 Å². The zero-order chi connectivity index (χ0) is 16.1. The predicted molar refractivity (Wildman–Crippen MR) is 89.8 cm³/mol. The number of hydrogen-bond acceptors (Lipinski definition) is 5. The highest BCUT2D eigenvalue weighted by atomic mass is 16.2. The zero-order valence-corrected chi connectivity index (χ0v) is 12.7. The molecule has 0 unspecified atom stereocenters. The fraction of sp³-hybridized carbons (Fsp3) is 0.235. The number of carbonyl (C=O) groups excluding carboxylic acids is 1. The summed E-state index contributed by atoms with van der Waals surface area (Å²) < 4.78 is 0. The third-order valence-electron chi connectivity index (χ3n) is 3.74. The Kier molecular flexibility index (Phi) is 4.75. The molecule has 1 aliphatic rings. The second kappa shape index (κ2) is 7.13. The van der Waals surface area contributed by atoms with E-state index in [1.165, 1.54) is 5.57 Å². The van der Waals surface area contributed by atoms with Gasteiger partial charge in [-0.1, -0.05) is 18.2 Å². The lowest BCUT2D eigenvalue weighted by Crippen LogP contribution is -2.20. The minimum atomic E-state index is -0.323. The van der Waals surface area contributed by atoms with Crippen molar-refractivity contribution >= 4 is 17.2 Å². The molecule has 0 atom stereocenters. The molecule has 2 heterocycles. The molecule has 0 fully saturated rings. The molecule has 0 bridgehead atoms. The molecular weight excluding hydrogens is 290 g/mol. The number of carbonyl (C=O) groups is 1. The van der Waals surface area contributed by atoms with Crippen LogP contribution in [0.2, 0.25) is 0 Å². The summed E-state index contributed by atoms with van der Waals surface area (Å²) in [4.78, 5) is 20.5. The standard InChI is InChI=1S/C17H19N5O/c18-9-12-1-3-15(4-2-12)22-17(23)16-20-10-14(11-21-16)13-5-7-19-8-6-13/h1-5,10-11,19H,6-9,18H2,(H,22,23). The van der Waals surface area contributed by atoms with Gasteiger partial charge in [-0.05, 0) is 36.2 Å². The van der Waals surface area contributed by atoms with E-state index in [4.69, 9.17) is 5.73 Å². The van der Waals surface area contributed by atoms with Crippen LogP contribution in [0.25, 0.3) is 5.57 Å². The van der Waals surface area contributed by atoms with E-state index in [1.807, 2.05) is 24.3 Å². The van der Waals surface area contributed by atoms with E-state index in [0.717, 1.165) is 30.6 Å². The van der Waals surface area contributed by atoms with Gasteiger partial charge in [-0.25, -0.2) is 9.97 Å². The molecule has 6 heteroatoms. The van der Waals surface area contributed by atoms with E-state index in [0.29, 0.717) is 12.2 Å². The molecule has 1 amide bonds. The molecule has 1 aromatic heterocycles. The summed E-state index contributed by atoms with van der Waals surface area (Å²) in [7, 11) is 0. The Hall–Kier alpha value is -2.57. The van der Waals surface area contributed by atoms with Crippen LogP contribution in [0.4, 0.5) is 5.69 Å². The second-order valence-corrected chi connectivity index (χ2v) is 5.33. The Balaban J connectivity index is 1.68. The number of nitrogens with two attached hydrogens (primary N) is 1. The average molecular weight is 309 g/mol. The van der Waals surface area contributed by atoms with E-state index < -0.39 is 0 Å². The Bertz CT molecular complexity index is 707. The summed E-state index contributed by atoms with van der Waals surface area (Å²) in [6, 6.07) is 7.38. The van der Waals surface area contributed by atoms with Crippen LogP contribution in [0.3, 0.4) is 0 Å². The van der Waals surface area contributed by atoms with Gasteiger partial charge in [0, 0.05) is 36.7 Å². The van der Waals surface area contributed by atoms with Crippen LogP contribution in [0.1, 0.15) is 28.2 Å². The molecule has 0 aliphatic carbocycles. The average Bonchev–Trinajstić information content (AvgIpc) is 2.63. The Morgan fingerprint density at radius 3 is 2.57 bits per heavy atom. The minimum absolute atomic E-state index is 0.159.